The number of benzene rings is 2. The molecule has 0 spiro atoms. The lowest BCUT2D eigenvalue weighted by Crippen LogP contribution is -2.38. The third-order valence-corrected chi connectivity index (χ3v) is 4.61. The molecular formula is C24H28N4. The first-order valence-corrected chi connectivity index (χ1v) is 9.87. The van der Waals surface area contributed by atoms with Crippen LogP contribution in [0.3, 0.4) is 0 Å². The summed E-state index contributed by atoms with van der Waals surface area (Å²) in [4.78, 5) is 9.05. The smallest absolute Gasteiger partial charge is 0.191 e. The molecule has 28 heavy (non-hydrogen) atoms. The van der Waals surface area contributed by atoms with Gasteiger partial charge in [0.1, 0.15) is 0 Å². The van der Waals surface area contributed by atoms with Gasteiger partial charge in [-0.3, -0.25) is 9.98 Å². The summed E-state index contributed by atoms with van der Waals surface area (Å²) in [6, 6.07) is 25.2. The van der Waals surface area contributed by atoms with Crippen LogP contribution in [0.4, 0.5) is 0 Å². The largest absolute Gasteiger partial charge is 0.357 e. The van der Waals surface area contributed by atoms with Gasteiger partial charge in [0.25, 0.3) is 0 Å². The molecule has 0 radical (unpaired) electrons. The van der Waals surface area contributed by atoms with Crippen LogP contribution in [0.1, 0.15) is 29.5 Å². The summed E-state index contributed by atoms with van der Waals surface area (Å²) < 4.78 is 0. The van der Waals surface area contributed by atoms with E-state index in [0.717, 1.165) is 25.5 Å². The summed E-state index contributed by atoms with van der Waals surface area (Å²) in [7, 11) is 0. The van der Waals surface area contributed by atoms with Gasteiger partial charge in [-0.1, -0.05) is 66.7 Å². The highest BCUT2D eigenvalue weighted by atomic mass is 15.2. The minimum Gasteiger partial charge on any atom is -0.357 e. The first kappa shape index (κ1) is 19.6. The second-order valence-electron chi connectivity index (χ2n) is 6.63. The van der Waals surface area contributed by atoms with E-state index in [1.54, 1.807) is 6.20 Å². The molecule has 3 rings (SSSR count). The predicted octanol–water partition coefficient (Wildman–Crippen LogP) is 4.01. The number of nitrogens with one attached hydrogen (secondary N) is 2. The standard InChI is InChI=1S/C24H28N4/c1-2-26-24(27-17-15-20-10-9-16-25-18-20)28-19-23(21-11-5-3-6-12-21)22-13-7-4-8-14-22/h3-14,16,18,23H,2,15,17,19H2,1H3,(H2,26,27,28). The van der Waals surface area contributed by atoms with Crippen LogP contribution in [-0.4, -0.2) is 30.6 Å². The van der Waals surface area contributed by atoms with Gasteiger partial charge in [-0.05, 0) is 36.1 Å². The zero-order valence-corrected chi connectivity index (χ0v) is 16.4. The van der Waals surface area contributed by atoms with Crippen molar-refractivity contribution < 1.29 is 0 Å². The Bertz CT molecular complexity index is 793. The first-order valence-electron chi connectivity index (χ1n) is 9.87. The van der Waals surface area contributed by atoms with E-state index in [0.29, 0.717) is 6.54 Å². The van der Waals surface area contributed by atoms with Gasteiger partial charge in [0.05, 0.1) is 6.54 Å². The molecular weight excluding hydrogens is 344 g/mol. The lowest BCUT2D eigenvalue weighted by Gasteiger charge is -2.18. The molecule has 2 N–H and O–H groups in total. The van der Waals surface area contributed by atoms with E-state index in [2.05, 4.69) is 89.3 Å². The lowest BCUT2D eigenvalue weighted by molar-refractivity contribution is 0.769. The number of hydrogen-bond acceptors (Lipinski definition) is 2. The molecule has 0 bridgehead atoms. The maximum absolute atomic E-state index is 4.88. The van der Waals surface area contributed by atoms with Gasteiger partial charge in [0.15, 0.2) is 5.96 Å². The van der Waals surface area contributed by atoms with Gasteiger partial charge in [-0.25, -0.2) is 0 Å². The Balaban J connectivity index is 1.69. The van der Waals surface area contributed by atoms with Crippen molar-refractivity contribution in [1.82, 2.24) is 15.6 Å². The molecule has 0 saturated carbocycles. The van der Waals surface area contributed by atoms with Crippen LogP contribution >= 0.6 is 0 Å². The van der Waals surface area contributed by atoms with E-state index in [1.807, 2.05) is 12.3 Å². The number of hydrogen-bond donors (Lipinski definition) is 2. The summed E-state index contributed by atoms with van der Waals surface area (Å²) >= 11 is 0. The highest BCUT2D eigenvalue weighted by Gasteiger charge is 2.13. The lowest BCUT2D eigenvalue weighted by atomic mass is 9.91. The van der Waals surface area contributed by atoms with Crippen LogP contribution in [0, 0.1) is 0 Å². The minimum atomic E-state index is 0.233. The van der Waals surface area contributed by atoms with Crippen molar-refractivity contribution in [2.24, 2.45) is 4.99 Å². The number of guanidine groups is 1. The van der Waals surface area contributed by atoms with E-state index in [4.69, 9.17) is 4.99 Å². The van der Waals surface area contributed by atoms with E-state index in [9.17, 15) is 0 Å². The average Bonchev–Trinajstić information content (AvgIpc) is 2.76. The summed E-state index contributed by atoms with van der Waals surface area (Å²) in [6.07, 6.45) is 4.63. The molecule has 4 nitrogen and oxygen atoms in total. The highest BCUT2D eigenvalue weighted by molar-refractivity contribution is 5.79. The number of aromatic nitrogens is 1. The fourth-order valence-corrected chi connectivity index (χ4v) is 3.17. The van der Waals surface area contributed by atoms with Gasteiger partial charge >= 0.3 is 0 Å². The van der Waals surface area contributed by atoms with Crippen molar-refractivity contribution in [3.8, 4) is 0 Å². The molecule has 0 fully saturated rings. The Morgan fingerprint density at radius 1 is 0.893 bits per heavy atom. The second-order valence-corrected chi connectivity index (χ2v) is 6.63. The molecule has 0 aliphatic rings. The van der Waals surface area contributed by atoms with E-state index in [-0.39, 0.29) is 5.92 Å². The maximum atomic E-state index is 4.88. The number of rotatable bonds is 8. The third kappa shape index (κ3) is 5.95. The molecule has 1 heterocycles. The average molecular weight is 373 g/mol. The van der Waals surface area contributed by atoms with Crippen LogP contribution in [0.25, 0.3) is 0 Å². The number of aliphatic imine (C=N–C) groups is 1. The van der Waals surface area contributed by atoms with Crippen molar-refractivity contribution >= 4 is 5.96 Å². The summed E-state index contributed by atoms with van der Waals surface area (Å²) in [5.74, 6) is 1.08. The van der Waals surface area contributed by atoms with E-state index >= 15 is 0 Å². The second kappa shape index (κ2) is 10.9. The number of pyridine rings is 1. The predicted molar refractivity (Wildman–Crippen MR) is 117 cm³/mol. The maximum Gasteiger partial charge on any atom is 0.191 e. The summed E-state index contributed by atoms with van der Waals surface area (Å²) in [6.45, 7) is 4.43. The molecule has 0 unspecified atom stereocenters. The molecule has 0 saturated heterocycles. The van der Waals surface area contributed by atoms with E-state index in [1.165, 1.54) is 16.7 Å². The molecule has 144 valence electrons. The fraction of sp³-hybridized carbons (Fsp3) is 0.250. The van der Waals surface area contributed by atoms with Crippen LogP contribution in [0.15, 0.2) is 90.2 Å². The zero-order valence-electron chi connectivity index (χ0n) is 16.4. The molecule has 0 amide bonds. The van der Waals surface area contributed by atoms with Crippen molar-refractivity contribution in [2.75, 3.05) is 19.6 Å². The van der Waals surface area contributed by atoms with Crippen LogP contribution in [0.5, 0.6) is 0 Å². The Morgan fingerprint density at radius 3 is 2.14 bits per heavy atom. The van der Waals surface area contributed by atoms with Crippen molar-refractivity contribution in [3.05, 3.63) is 102 Å². The quantitative estimate of drug-likeness (QED) is 0.464. The van der Waals surface area contributed by atoms with Gasteiger partial charge in [-0.15, -0.1) is 0 Å². The third-order valence-electron chi connectivity index (χ3n) is 4.61. The monoisotopic (exact) mass is 372 g/mol. The minimum absolute atomic E-state index is 0.233. The highest BCUT2D eigenvalue weighted by Crippen LogP contribution is 2.24. The van der Waals surface area contributed by atoms with Gasteiger partial charge in [0, 0.05) is 31.4 Å². The Hall–Kier alpha value is -3.14. The molecule has 3 aromatic rings. The Labute approximate surface area is 167 Å². The first-order chi connectivity index (χ1) is 13.9. The molecule has 1 aromatic heterocycles. The summed E-state index contributed by atoms with van der Waals surface area (Å²) in [5, 5.41) is 6.79. The van der Waals surface area contributed by atoms with Crippen molar-refractivity contribution in [3.63, 3.8) is 0 Å². The fourth-order valence-electron chi connectivity index (χ4n) is 3.17. The Kier molecular flexibility index (Phi) is 7.62. The van der Waals surface area contributed by atoms with Crippen LogP contribution in [-0.2, 0) is 6.42 Å². The Morgan fingerprint density at radius 2 is 1.57 bits per heavy atom. The van der Waals surface area contributed by atoms with Gasteiger partial charge < -0.3 is 10.6 Å². The summed E-state index contributed by atoms with van der Waals surface area (Å²) in [5.41, 5.74) is 3.78. The molecule has 0 aliphatic heterocycles. The molecule has 4 heteroatoms. The molecule has 0 aliphatic carbocycles. The van der Waals surface area contributed by atoms with Crippen molar-refractivity contribution in [1.29, 1.82) is 0 Å². The van der Waals surface area contributed by atoms with Crippen LogP contribution in [0.2, 0.25) is 0 Å². The van der Waals surface area contributed by atoms with E-state index < -0.39 is 0 Å². The van der Waals surface area contributed by atoms with Crippen molar-refractivity contribution in [2.45, 2.75) is 19.3 Å². The normalized spacial score (nSPS) is 11.4. The molecule has 2 aromatic carbocycles. The van der Waals surface area contributed by atoms with Gasteiger partial charge in [0.2, 0.25) is 0 Å². The van der Waals surface area contributed by atoms with Gasteiger partial charge in [-0.2, -0.15) is 0 Å². The SMILES string of the molecule is CCNC(=NCC(c1ccccc1)c1ccccc1)NCCc1cccnc1. The van der Waals surface area contributed by atoms with Crippen LogP contribution < -0.4 is 10.6 Å². The molecule has 0 atom stereocenters. The zero-order chi connectivity index (χ0) is 19.4. The topological polar surface area (TPSA) is 49.3 Å². The number of nitrogens with zero attached hydrogens (tertiary/aromatic N) is 2.